The summed E-state index contributed by atoms with van der Waals surface area (Å²) in [6, 6.07) is 0. The summed E-state index contributed by atoms with van der Waals surface area (Å²) < 4.78 is 20.1. The minimum atomic E-state index is -4.64. The van der Waals surface area contributed by atoms with E-state index >= 15 is 0 Å². The van der Waals surface area contributed by atoms with Gasteiger partial charge < -0.3 is 24.3 Å². The molecule has 0 amide bonds. The number of unbranched alkanes of at least 4 members (excludes halogenated alkanes) is 13. The Morgan fingerprint density at radius 2 is 1.20 bits per heavy atom. The molecule has 0 aliphatic rings. The minimum absolute atomic E-state index is 0.172. The van der Waals surface area contributed by atoms with Crippen LogP contribution in [0, 0.1) is 5.92 Å². The van der Waals surface area contributed by atoms with Crippen LogP contribution in [0.25, 0.3) is 0 Å². The van der Waals surface area contributed by atoms with E-state index in [4.69, 9.17) is 19.2 Å². The van der Waals surface area contributed by atoms with Crippen molar-refractivity contribution >= 4 is 30.8 Å². The fourth-order valence-electron chi connectivity index (χ4n) is 3.13. The minimum Gasteiger partial charge on any atom is -0.617 e. The van der Waals surface area contributed by atoms with Crippen LogP contribution in [-0.4, -0.2) is 54.5 Å². The van der Waals surface area contributed by atoms with E-state index in [0.29, 0.717) is 5.75 Å². The molecule has 30 heavy (non-hydrogen) atoms. The topological polar surface area (TPSA) is 121 Å². The molecule has 0 saturated carbocycles. The van der Waals surface area contributed by atoms with E-state index in [1.165, 1.54) is 95.6 Å². The predicted octanol–water partition coefficient (Wildman–Crippen LogP) is 5.26. The van der Waals surface area contributed by atoms with Crippen LogP contribution in [-0.2, 0) is 15.7 Å². The maximum absolute atomic E-state index is 11.2. The van der Waals surface area contributed by atoms with Crippen molar-refractivity contribution in [2.45, 2.75) is 96.8 Å². The predicted molar refractivity (Wildman–Crippen MR) is 131 cm³/mol. The summed E-state index contributed by atoms with van der Waals surface area (Å²) in [5.41, 5.74) is 0. The van der Waals surface area contributed by atoms with E-state index in [1.807, 2.05) is 11.8 Å². The molecule has 0 aromatic carbocycles. The molecular formula is C21H47O6PS2. The highest BCUT2D eigenvalue weighted by Crippen LogP contribution is 2.25. The van der Waals surface area contributed by atoms with Crippen molar-refractivity contribution in [1.29, 1.82) is 0 Å². The van der Waals surface area contributed by atoms with E-state index in [1.54, 1.807) is 6.26 Å². The van der Waals surface area contributed by atoms with Gasteiger partial charge in [-0.25, -0.2) is 4.57 Å². The third-order valence-electron chi connectivity index (χ3n) is 4.72. The van der Waals surface area contributed by atoms with Gasteiger partial charge in [0.1, 0.15) is 5.75 Å². The lowest BCUT2D eigenvalue weighted by molar-refractivity contribution is 0.251. The maximum atomic E-state index is 11.2. The molecule has 2 atom stereocenters. The Balaban J connectivity index is 0. The number of thioether (sulfide) groups is 1. The van der Waals surface area contributed by atoms with Gasteiger partial charge in [-0.15, -0.1) is 0 Å². The summed E-state index contributed by atoms with van der Waals surface area (Å²) in [7, 11) is -4.64. The van der Waals surface area contributed by atoms with Crippen molar-refractivity contribution < 1.29 is 28.9 Å². The molecule has 0 heterocycles. The molecule has 0 spiro atoms. The van der Waals surface area contributed by atoms with Gasteiger partial charge in [-0.2, -0.15) is 11.8 Å². The highest BCUT2D eigenvalue weighted by Gasteiger charge is 2.12. The fraction of sp³-hybridized carbons (Fsp3) is 1.00. The Morgan fingerprint density at radius 3 is 1.53 bits per heavy atom. The zero-order valence-electron chi connectivity index (χ0n) is 19.2. The smallest absolute Gasteiger partial charge is 0.466 e. The molecule has 4 N–H and O–H groups in total. The lowest BCUT2D eigenvalue weighted by Crippen LogP contribution is -2.20. The number of phosphoric acid groups is 1. The van der Waals surface area contributed by atoms with Crippen LogP contribution < -0.4 is 0 Å². The number of hydrogen-bond acceptors (Lipinski definition) is 4. The van der Waals surface area contributed by atoms with Crippen LogP contribution >= 0.6 is 19.6 Å². The molecule has 2 unspecified atom stereocenters. The SMILES string of the molecule is CCCCCCCCCCCCCCCCSCC(CO)C[S+](C)[O-].O=P(O)(O)O. The average Bonchev–Trinajstić information content (AvgIpc) is 2.65. The monoisotopic (exact) mass is 490 g/mol. The largest absolute Gasteiger partial charge is 0.617 e. The molecule has 0 bridgehead atoms. The second-order valence-electron chi connectivity index (χ2n) is 7.97. The summed E-state index contributed by atoms with van der Waals surface area (Å²) in [6.07, 6.45) is 21.4. The molecule has 184 valence electrons. The number of rotatable bonds is 20. The molecular weight excluding hydrogens is 443 g/mol. The van der Waals surface area contributed by atoms with Crippen LogP contribution in [0.5, 0.6) is 0 Å². The molecule has 0 radical (unpaired) electrons. The Morgan fingerprint density at radius 1 is 0.833 bits per heavy atom. The van der Waals surface area contributed by atoms with E-state index in [9.17, 15) is 9.66 Å². The summed E-state index contributed by atoms with van der Waals surface area (Å²) >= 11 is 1.13. The van der Waals surface area contributed by atoms with Crippen LogP contribution in [0.4, 0.5) is 0 Å². The summed E-state index contributed by atoms with van der Waals surface area (Å²) in [6.45, 7) is 2.45. The summed E-state index contributed by atoms with van der Waals surface area (Å²) in [5.74, 6) is 2.99. The highest BCUT2D eigenvalue weighted by molar-refractivity contribution is 7.99. The van der Waals surface area contributed by atoms with Crippen molar-refractivity contribution in [1.82, 2.24) is 0 Å². The van der Waals surface area contributed by atoms with Crippen LogP contribution in [0.3, 0.4) is 0 Å². The van der Waals surface area contributed by atoms with E-state index < -0.39 is 19.0 Å². The van der Waals surface area contributed by atoms with Gasteiger partial charge in [0.15, 0.2) is 0 Å². The van der Waals surface area contributed by atoms with Gasteiger partial charge in [-0.05, 0) is 12.2 Å². The Kier molecular flexibility index (Phi) is 26.7. The van der Waals surface area contributed by atoms with E-state index in [0.717, 1.165) is 5.75 Å². The first-order chi connectivity index (χ1) is 14.2. The molecule has 0 aromatic heterocycles. The standard InChI is InChI=1S/C21H44O2S2.H3O4P/c1-3-4-5-6-7-8-9-10-11-12-13-14-15-16-17-24-19-21(18-22)20-25(2)23;1-5(2,3)4/h21-22H,3-20H2,1-2H3;(H3,1,2,3,4). The zero-order chi connectivity index (χ0) is 23.1. The van der Waals surface area contributed by atoms with Gasteiger partial charge in [0.05, 0.1) is 12.9 Å². The first kappa shape index (κ1) is 32.9. The summed E-state index contributed by atoms with van der Waals surface area (Å²) in [4.78, 5) is 21.6. The second kappa shape index (κ2) is 24.4. The molecule has 9 heteroatoms. The van der Waals surface area contributed by atoms with E-state index in [-0.39, 0.29) is 12.5 Å². The van der Waals surface area contributed by atoms with Crippen LogP contribution in [0.15, 0.2) is 0 Å². The zero-order valence-corrected chi connectivity index (χ0v) is 21.7. The van der Waals surface area contributed by atoms with Gasteiger partial charge in [0.25, 0.3) is 0 Å². The molecule has 0 aliphatic heterocycles. The fourth-order valence-corrected chi connectivity index (χ4v) is 5.30. The highest BCUT2D eigenvalue weighted by atomic mass is 32.2. The van der Waals surface area contributed by atoms with Gasteiger partial charge in [0, 0.05) is 11.7 Å². The average molecular weight is 491 g/mol. The molecule has 0 fully saturated rings. The van der Waals surface area contributed by atoms with Gasteiger partial charge in [-0.1, -0.05) is 102 Å². The van der Waals surface area contributed by atoms with Crippen molar-refractivity contribution in [3.8, 4) is 0 Å². The van der Waals surface area contributed by atoms with Gasteiger partial charge >= 0.3 is 7.82 Å². The Labute approximate surface area is 192 Å². The third kappa shape index (κ3) is 36.1. The third-order valence-corrected chi connectivity index (χ3v) is 6.95. The Bertz CT molecular complexity index is 374. The number of aliphatic hydroxyl groups is 1. The van der Waals surface area contributed by atoms with Gasteiger partial charge in [-0.3, -0.25) is 0 Å². The molecule has 0 aliphatic carbocycles. The molecule has 6 nitrogen and oxygen atoms in total. The number of hydrogen-bond donors (Lipinski definition) is 4. The van der Waals surface area contributed by atoms with Crippen molar-refractivity contribution in [3.63, 3.8) is 0 Å². The first-order valence-electron chi connectivity index (χ1n) is 11.5. The van der Waals surface area contributed by atoms with Crippen LogP contribution in [0.2, 0.25) is 0 Å². The molecule has 0 aromatic rings. The maximum Gasteiger partial charge on any atom is 0.466 e. The summed E-state index contributed by atoms with van der Waals surface area (Å²) in [5, 5.41) is 9.25. The van der Waals surface area contributed by atoms with Gasteiger partial charge in [0.2, 0.25) is 0 Å². The Hall–Kier alpha value is 0.730. The second-order valence-corrected chi connectivity index (χ2v) is 11.6. The first-order valence-corrected chi connectivity index (χ1v) is 15.9. The molecule has 0 rings (SSSR count). The quantitative estimate of drug-likeness (QED) is 0.104. The van der Waals surface area contributed by atoms with Crippen molar-refractivity contribution in [2.24, 2.45) is 5.92 Å². The van der Waals surface area contributed by atoms with Crippen molar-refractivity contribution in [2.75, 3.05) is 30.1 Å². The number of aliphatic hydroxyl groups excluding tert-OH is 1. The van der Waals surface area contributed by atoms with Crippen LogP contribution in [0.1, 0.15) is 96.8 Å². The lowest BCUT2D eigenvalue weighted by Gasteiger charge is -2.14. The molecule has 0 saturated heterocycles. The van der Waals surface area contributed by atoms with Crippen molar-refractivity contribution in [3.05, 3.63) is 0 Å². The van der Waals surface area contributed by atoms with E-state index in [2.05, 4.69) is 6.92 Å². The normalized spacial score (nSPS) is 13.6. The lowest BCUT2D eigenvalue weighted by atomic mass is 10.0.